The van der Waals surface area contributed by atoms with Gasteiger partial charge in [-0.25, -0.2) is 17.7 Å². The molecule has 2 heterocycles. The topological polar surface area (TPSA) is 53.5 Å². The average Bonchev–Trinajstić information content (AvgIpc) is 2.38. The summed E-state index contributed by atoms with van der Waals surface area (Å²) in [5.41, 5.74) is 1.13. The Bertz CT molecular complexity index is 527. The molecule has 0 aromatic carbocycles. The number of nitrogens with zero attached hydrogens (tertiary/aromatic N) is 3. The lowest BCUT2D eigenvalue weighted by Crippen LogP contribution is -2.48. The molecule has 1 saturated heterocycles. The Balaban J connectivity index is 2.11. The molecule has 0 saturated carbocycles. The molecule has 1 aromatic heterocycles. The second-order valence-electron chi connectivity index (χ2n) is 5.22. The first-order valence-electron chi connectivity index (χ1n) is 6.48. The van der Waals surface area contributed by atoms with E-state index in [1.54, 1.807) is 7.05 Å². The number of rotatable bonds is 3. The van der Waals surface area contributed by atoms with E-state index < -0.39 is 10.0 Å². The molecule has 1 fully saturated rings. The van der Waals surface area contributed by atoms with Gasteiger partial charge in [0.15, 0.2) is 0 Å². The number of likely N-dealkylation sites (N-methyl/N-ethyl adjacent to an activating group) is 1. The number of hydrogen-bond acceptors (Lipinski definition) is 4. The summed E-state index contributed by atoms with van der Waals surface area (Å²) < 4.78 is 24.7. The second-order valence-corrected chi connectivity index (χ2v) is 7.26. The Morgan fingerprint density at radius 3 is 2.74 bits per heavy atom. The van der Waals surface area contributed by atoms with Gasteiger partial charge >= 0.3 is 0 Å². The molecule has 0 spiro atoms. The molecule has 6 heteroatoms. The zero-order valence-electron chi connectivity index (χ0n) is 11.7. The minimum absolute atomic E-state index is 0.0341. The molecule has 5 nitrogen and oxygen atoms in total. The van der Waals surface area contributed by atoms with Crippen molar-refractivity contribution >= 4 is 15.8 Å². The van der Waals surface area contributed by atoms with Crippen LogP contribution in [0.2, 0.25) is 0 Å². The summed E-state index contributed by atoms with van der Waals surface area (Å²) >= 11 is 0. The summed E-state index contributed by atoms with van der Waals surface area (Å²) in [4.78, 5) is 6.58. The number of sulfonamides is 1. The van der Waals surface area contributed by atoms with E-state index in [4.69, 9.17) is 0 Å². The van der Waals surface area contributed by atoms with Crippen LogP contribution in [-0.4, -0.2) is 50.1 Å². The summed E-state index contributed by atoms with van der Waals surface area (Å²) in [6.07, 6.45) is 5.00. The van der Waals surface area contributed by atoms with Crippen LogP contribution in [0.4, 0.5) is 5.82 Å². The Morgan fingerprint density at radius 1 is 1.42 bits per heavy atom. The van der Waals surface area contributed by atoms with Gasteiger partial charge < -0.3 is 4.90 Å². The summed E-state index contributed by atoms with van der Waals surface area (Å²) in [5, 5.41) is 0. The van der Waals surface area contributed by atoms with Gasteiger partial charge in [0.05, 0.1) is 6.26 Å². The quantitative estimate of drug-likeness (QED) is 0.838. The minimum Gasteiger partial charge on any atom is -0.355 e. The maximum Gasteiger partial charge on any atom is 0.211 e. The summed E-state index contributed by atoms with van der Waals surface area (Å²) in [6.45, 7) is 3.65. The van der Waals surface area contributed by atoms with Gasteiger partial charge in [-0.05, 0) is 31.4 Å². The van der Waals surface area contributed by atoms with Gasteiger partial charge in [0, 0.05) is 32.4 Å². The van der Waals surface area contributed by atoms with Crippen molar-refractivity contribution in [1.29, 1.82) is 0 Å². The fraction of sp³-hybridized carbons (Fsp3) is 0.615. The molecule has 0 amide bonds. The van der Waals surface area contributed by atoms with Gasteiger partial charge in [0.2, 0.25) is 10.0 Å². The largest absolute Gasteiger partial charge is 0.355 e. The Morgan fingerprint density at radius 2 is 2.16 bits per heavy atom. The molecule has 106 valence electrons. The maximum absolute atomic E-state index is 11.6. The van der Waals surface area contributed by atoms with Crippen LogP contribution in [0.25, 0.3) is 0 Å². The van der Waals surface area contributed by atoms with Gasteiger partial charge in [0.25, 0.3) is 0 Å². The highest BCUT2D eigenvalue weighted by atomic mass is 32.2. The van der Waals surface area contributed by atoms with Crippen LogP contribution in [-0.2, 0) is 10.0 Å². The zero-order valence-corrected chi connectivity index (χ0v) is 12.5. The monoisotopic (exact) mass is 283 g/mol. The van der Waals surface area contributed by atoms with Crippen LogP contribution in [0.1, 0.15) is 18.4 Å². The van der Waals surface area contributed by atoms with E-state index in [2.05, 4.69) is 9.88 Å². The highest BCUT2D eigenvalue weighted by molar-refractivity contribution is 7.88. The van der Waals surface area contributed by atoms with Crippen LogP contribution in [0, 0.1) is 6.92 Å². The van der Waals surface area contributed by atoms with Crippen LogP contribution in [0.5, 0.6) is 0 Å². The normalized spacial score (nSPS) is 20.8. The molecule has 1 unspecified atom stereocenters. The van der Waals surface area contributed by atoms with Crippen molar-refractivity contribution in [2.24, 2.45) is 0 Å². The molecule has 2 rings (SSSR count). The number of piperidine rings is 1. The molecule has 1 aliphatic rings. The first-order valence-corrected chi connectivity index (χ1v) is 8.33. The molecule has 1 atom stereocenters. The number of aromatic nitrogens is 1. The highest BCUT2D eigenvalue weighted by Crippen LogP contribution is 2.21. The third-order valence-corrected chi connectivity index (χ3v) is 5.00. The van der Waals surface area contributed by atoms with Crippen LogP contribution < -0.4 is 4.90 Å². The maximum atomic E-state index is 11.6. The number of pyridine rings is 1. The Kier molecular flexibility index (Phi) is 4.10. The van der Waals surface area contributed by atoms with Crippen molar-refractivity contribution in [3.8, 4) is 0 Å². The number of aryl methyl sites for hydroxylation is 1. The number of hydrogen-bond donors (Lipinski definition) is 0. The molecular weight excluding hydrogens is 262 g/mol. The molecule has 0 bridgehead atoms. The molecule has 19 heavy (non-hydrogen) atoms. The Hall–Kier alpha value is -1.14. The van der Waals surface area contributed by atoms with E-state index >= 15 is 0 Å². The van der Waals surface area contributed by atoms with Gasteiger partial charge in [-0.15, -0.1) is 0 Å². The Labute approximate surface area is 115 Å². The first kappa shape index (κ1) is 14.3. The lowest BCUT2D eigenvalue weighted by atomic mass is 10.1. The fourth-order valence-corrected chi connectivity index (χ4v) is 3.09. The van der Waals surface area contributed by atoms with Crippen molar-refractivity contribution in [3.63, 3.8) is 0 Å². The van der Waals surface area contributed by atoms with Gasteiger partial charge in [-0.1, -0.05) is 6.07 Å². The molecule has 0 aliphatic carbocycles. The van der Waals surface area contributed by atoms with Gasteiger partial charge in [0.1, 0.15) is 5.82 Å². The standard InChI is InChI=1S/C13H21N3O2S/c1-11-6-7-13(14-9-11)16-8-4-5-12(10-16)15(2)19(3,17)18/h6-7,9,12H,4-5,8,10H2,1-3H3. The lowest BCUT2D eigenvalue weighted by molar-refractivity contribution is 0.321. The minimum atomic E-state index is -3.13. The summed E-state index contributed by atoms with van der Waals surface area (Å²) in [6, 6.07) is 4.07. The van der Waals surface area contributed by atoms with E-state index in [0.29, 0.717) is 6.54 Å². The first-order chi connectivity index (χ1) is 8.88. The van der Waals surface area contributed by atoms with Crippen LogP contribution in [0.3, 0.4) is 0 Å². The number of anilines is 1. The third-order valence-electron chi connectivity index (χ3n) is 3.65. The van der Waals surface area contributed by atoms with Crippen molar-refractivity contribution < 1.29 is 8.42 Å². The van der Waals surface area contributed by atoms with E-state index in [9.17, 15) is 8.42 Å². The lowest BCUT2D eigenvalue weighted by Gasteiger charge is -2.37. The predicted octanol–water partition coefficient (Wildman–Crippen LogP) is 1.25. The van der Waals surface area contributed by atoms with E-state index in [-0.39, 0.29) is 6.04 Å². The third kappa shape index (κ3) is 3.45. The zero-order chi connectivity index (χ0) is 14.0. The van der Waals surface area contributed by atoms with E-state index in [0.717, 1.165) is 30.8 Å². The smallest absolute Gasteiger partial charge is 0.211 e. The van der Waals surface area contributed by atoms with Crippen LogP contribution >= 0.6 is 0 Å². The van der Waals surface area contributed by atoms with Crippen molar-refractivity contribution in [2.75, 3.05) is 31.3 Å². The second kappa shape index (κ2) is 5.46. The SMILES string of the molecule is Cc1ccc(N2CCCC(N(C)S(C)(=O)=O)C2)nc1. The van der Waals surface area contributed by atoms with E-state index in [1.807, 2.05) is 25.3 Å². The van der Waals surface area contributed by atoms with Gasteiger partial charge in [-0.3, -0.25) is 0 Å². The fourth-order valence-electron chi connectivity index (χ4n) is 2.38. The average molecular weight is 283 g/mol. The molecule has 1 aromatic rings. The predicted molar refractivity (Wildman–Crippen MR) is 76.8 cm³/mol. The summed E-state index contributed by atoms with van der Waals surface area (Å²) in [7, 11) is -1.47. The summed E-state index contributed by atoms with van der Waals surface area (Å²) in [5.74, 6) is 0.928. The van der Waals surface area contributed by atoms with Crippen molar-refractivity contribution in [2.45, 2.75) is 25.8 Å². The van der Waals surface area contributed by atoms with Crippen LogP contribution in [0.15, 0.2) is 18.3 Å². The molecule has 0 radical (unpaired) electrons. The molecule has 1 aliphatic heterocycles. The molecule has 0 N–H and O–H groups in total. The highest BCUT2D eigenvalue weighted by Gasteiger charge is 2.28. The molecular formula is C13H21N3O2S. The van der Waals surface area contributed by atoms with Gasteiger partial charge in [-0.2, -0.15) is 0 Å². The van der Waals surface area contributed by atoms with E-state index in [1.165, 1.54) is 10.6 Å². The van der Waals surface area contributed by atoms with Crippen molar-refractivity contribution in [3.05, 3.63) is 23.9 Å². The van der Waals surface area contributed by atoms with Crippen molar-refractivity contribution in [1.82, 2.24) is 9.29 Å².